The van der Waals surface area contributed by atoms with Crippen LogP contribution in [0.25, 0.3) is 0 Å². The van der Waals surface area contributed by atoms with E-state index in [1.165, 1.54) is 5.56 Å². The molecule has 0 saturated heterocycles. The Morgan fingerprint density at radius 3 is 2.35 bits per heavy atom. The van der Waals surface area contributed by atoms with E-state index in [1.54, 1.807) is 0 Å². The molecule has 3 nitrogen and oxygen atoms in total. The van der Waals surface area contributed by atoms with Crippen LogP contribution in [0.5, 0.6) is 5.75 Å². The van der Waals surface area contributed by atoms with Crippen molar-refractivity contribution < 1.29 is 9.15 Å². The monoisotopic (exact) mass is 337 g/mol. The van der Waals surface area contributed by atoms with Crippen molar-refractivity contribution >= 4 is 15.9 Å². The van der Waals surface area contributed by atoms with Crippen LogP contribution in [0.1, 0.15) is 38.1 Å². The first-order valence-corrected chi connectivity index (χ1v) is 7.58. The van der Waals surface area contributed by atoms with Gasteiger partial charge in [0.1, 0.15) is 11.5 Å². The molecule has 20 heavy (non-hydrogen) atoms. The fraction of sp³-hybridized carbons (Fsp3) is 0.375. The van der Waals surface area contributed by atoms with Crippen LogP contribution in [0.4, 0.5) is 0 Å². The third-order valence-corrected chi connectivity index (χ3v) is 3.39. The summed E-state index contributed by atoms with van der Waals surface area (Å²) in [6.07, 6.45) is 0.203. The summed E-state index contributed by atoms with van der Waals surface area (Å²) in [4.78, 5) is 0. The molecule has 0 radical (unpaired) electrons. The van der Waals surface area contributed by atoms with E-state index in [4.69, 9.17) is 9.15 Å². The summed E-state index contributed by atoms with van der Waals surface area (Å²) in [5.74, 6) is 1.83. The lowest BCUT2D eigenvalue weighted by atomic mass is 10.1. The predicted molar refractivity (Wildman–Crippen MR) is 83.9 cm³/mol. The van der Waals surface area contributed by atoms with Gasteiger partial charge in [-0.3, -0.25) is 0 Å². The molecular formula is C16H20BrNO2. The first kappa shape index (κ1) is 15.1. The van der Waals surface area contributed by atoms with Crippen molar-refractivity contribution in [3.63, 3.8) is 0 Å². The molecule has 2 rings (SSSR count). The maximum atomic E-state index is 5.64. The molecule has 2 aromatic rings. The van der Waals surface area contributed by atoms with Crippen LogP contribution in [0.3, 0.4) is 0 Å². The number of nitrogens with one attached hydrogen (secondary N) is 1. The van der Waals surface area contributed by atoms with Crippen LogP contribution in [-0.2, 0) is 6.54 Å². The zero-order chi connectivity index (χ0) is 14.5. The van der Waals surface area contributed by atoms with Crippen molar-refractivity contribution in [1.29, 1.82) is 0 Å². The van der Waals surface area contributed by atoms with Gasteiger partial charge in [-0.1, -0.05) is 12.1 Å². The average molecular weight is 338 g/mol. The van der Waals surface area contributed by atoms with Crippen molar-refractivity contribution in [2.45, 2.75) is 39.5 Å². The van der Waals surface area contributed by atoms with Crippen LogP contribution in [-0.4, -0.2) is 6.10 Å². The van der Waals surface area contributed by atoms with Gasteiger partial charge in [-0.2, -0.15) is 0 Å². The first-order valence-electron chi connectivity index (χ1n) is 6.79. The van der Waals surface area contributed by atoms with Crippen LogP contribution >= 0.6 is 15.9 Å². The Hall–Kier alpha value is -1.26. The molecule has 0 aliphatic heterocycles. The summed E-state index contributed by atoms with van der Waals surface area (Å²) in [6.45, 7) is 6.90. The van der Waals surface area contributed by atoms with Gasteiger partial charge in [0.15, 0.2) is 4.67 Å². The maximum Gasteiger partial charge on any atom is 0.169 e. The van der Waals surface area contributed by atoms with E-state index in [-0.39, 0.29) is 12.1 Å². The van der Waals surface area contributed by atoms with Crippen molar-refractivity contribution in [3.05, 3.63) is 52.4 Å². The Balaban J connectivity index is 1.90. The molecular weight excluding hydrogens is 318 g/mol. The molecule has 1 unspecified atom stereocenters. The summed E-state index contributed by atoms with van der Waals surface area (Å²) >= 11 is 3.30. The lowest BCUT2D eigenvalue weighted by Gasteiger charge is -2.15. The van der Waals surface area contributed by atoms with Gasteiger partial charge in [0, 0.05) is 6.04 Å². The molecule has 108 valence electrons. The van der Waals surface area contributed by atoms with Crippen LogP contribution in [0.15, 0.2) is 45.5 Å². The second-order valence-electron chi connectivity index (χ2n) is 5.04. The third-order valence-electron chi connectivity index (χ3n) is 2.96. The minimum Gasteiger partial charge on any atom is -0.491 e. The van der Waals surface area contributed by atoms with Gasteiger partial charge in [0.2, 0.25) is 0 Å². The number of ether oxygens (including phenoxy) is 1. The molecule has 0 aliphatic rings. The minimum absolute atomic E-state index is 0.203. The normalized spacial score (nSPS) is 12.7. The molecule has 0 saturated carbocycles. The Morgan fingerprint density at radius 1 is 1.10 bits per heavy atom. The van der Waals surface area contributed by atoms with E-state index in [2.05, 4.69) is 40.3 Å². The fourth-order valence-electron chi connectivity index (χ4n) is 1.93. The van der Waals surface area contributed by atoms with Gasteiger partial charge in [-0.15, -0.1) is 0 Å². The number of rotatable bonds is 6. The maximum absolute atomic E-state index is 5.64. The second kappa shape index (κ2) is 6.95. The average Bonchev–Trinajstić information content (AvgIpc) is 2.82. The number of hydrogen-bond donors (Lipinski definition) is 1. The smallest absolute Gasteiger partial charge is 0.169 e. The largest absolute Gasteiger partial charge is 0.491 e. The van der Waals surface area contributed by atoms with Gasteiger partial charge in [0.05, 0.1) is 12.6 Å². The van der Waals surface area contributed by atoms with Gasteiger partial charge in [0.25, 0.3) is 0 Å². The molecule has 1 aromatic heterocycles. The van der Waals surface area contributed by atoms with E-state index in [0.29, 0.717) is 6.54 Å². The molecule has 1 heterocycles. The summed E-state index contributed by atoms with van der Waals surface area (Å²) in [6, 6.07) is 12.3. The van der Waals surface area contributed by atoms with E-state index >= 15 is 0 Å². The van der Waals surface area contributed by atoms with Crippen molar-refractivity contribution in [1.82, 2.24) is 5.32 Å². The fourth-order valence-corrected chi connectivity index (χ4v) is 2.27. The van der Waals surface area contributed by atoms with Crippen LogP contribution in [0.2, 0.25) is 0 Å². The Morgan fingerprint density at radius 2 is 1.80 bits per heavy atom. The molecule has 1 aromatic carbocycles. The summed E-state index contributed by atoms with van der Waals surface area (Å²) in [7, 11) is 0. The van der Waals surface area contributed by atoms with E-state index in [1.807, 2.05) is 38.1 Å². The second-order valence-corrected chi connectivity index (χ2v) is 5.83. The van der Waals surface area contributed by atoms with Gasteiger partial charge in [-0.05, 0) is 66.5 Å². The highest BCUT2D eigenvalue weighted by Crippen LogP contribution is 2.20. The summed E-state index contributed by atoms with van der Waals surface area (Å²) in [5.41, 5.74) is 1.23. The molecule has 1 atom stereocenters. The lowest BCUT2D eigenvalue weighted by molar-refractivity contribution is 0.242. The van der Waals surface area contributed by atoms with Crippen molar-refractivity contribution in [2.24, 2.45) is 0 Å². The highest BCUT2D eigenvalue weighted by atomic mass is 79.9. The van der Waals surface area contributed by atoms with E-state index in [0.717, 1.165) is 16.2 Å². The Kier molecular flexibility index (Phi) is 5.26. The number of furan rings is 1. The minimum atomic E-state index is 0.203. The van der Waals surface area contributed by atoms with E-state index in [9.17, 15) is 0 Å². The highest BCUT2D eigenvalue weighted by Gasteiger charge is 2.07. The lowest BCUT2D eigenvalue weighted by Crippen LogP contribution is -2.17. The standard InChI is InChI=1S/C16H20BrNO2/c1-11(2)19-14-6-4-13(5-7-14)12(3)18-10-15-8-9-16(17)20-15/h4-9,11-12,18H,10H2,1-3H3. The van der Waals surface area contributed by atoms with E-state index < -0.39 is 0 Å². The van der Waals surface area contributed by atoms with Crippen LogP contribution < -0.4 is 10.1 Å². The van der Waals surface area contributed by atoms with Gasteiger partial charge < -0.3 is 14.5 Å². The molecule has 0 aliphatic carbocycles. The molecule has 0 bridgehead atoms. The zero-order valence-electron chi connectivity index (χ0n) is 12.0. The number of hydrogen-bond acceptors (Lipinski definition) is 3. The first-order chi connectivity index (χ1) is 9.54. The van der Waals surface area contributed by atoms with Gasteiger partial charge in [-0.25, -0.2) is 0 Å². The van der Waals surface area contributed by atoms with Crippen molar-refractivity contribution in [3.8, 4) is 5.75 Å². The Bertz CT molecular complexity index is 534. The molecule has 0 spiro atoms. The third kappa shape index (κ3) is 4.39. The Labute approximate surface area is 128 Å². The molecule has 4 heteroatoms. The molecule has 1 N–H and O–H groups in total. The summed E-state index contributed by atoms with van der Waals surface area (Å²) < 4.78 is 11.9. The van der Waals surface area contributed by atoms with Crippen molar-refractivity contribution in [2.75, 3.05) is 0 Å². The predicted octanol–water partition coefficient (Wildman–Crippen LogP) is 4.68. The number of benzene rings is 1. The molecule has 0 fully saturated rings. The number of halogens is 1. The quantitative estimate of drug-likeness (QED) is 0.830. The van der Waals surface area contributed by atoms with Gasteiger partial charge >= 0.3 is 0 Å². The van der Waals surface area contributed by atoms with Crippen LogP contribution in [0, 0.1) is 0 Å². The summed E-state index contributed by atoms with van der Waals surface area (Å²) in [5, 5.41) is 3.43. The molecule has 0 amide bonds. The highest BCUT2D eigenvalue weighted by molar-refractivity contribution is 9.10. The zero-order valence-corrected chi connectivity index (χ0v) is 13.6. The topological polar surface area (TPSA) is 34.4 Å². The SMILES string of the molecule is CC(C)Oc1ccc(C(C)NCc2ccc(Br)o2)cc1.